The lowest BCUT2D eigenvalue weighted by molar-refractivity contribution is 0.275. The molecule has 0 saturated heterocycles. The molecule has 0 rings (SSSR count). The molecular weight excluding hydrogens is 198 g/mol. The zero-order valence-corrected chi connectivity index (χ0v) is 6.98. The molecule has 0 fully saturated rings. The Hall–Kier alpha value is -0.290. The molecular formula is C2H7O7P2+. The van der Waals surface area contributed by atoms with E-state index in [0.717, 1.165) is 6.26 Å². The first kappa shape index (κ1) is 13.3. The van der Waals surface area contributed by atoms with Gasteiger partial charge in [-0.3, -0.25) is 0 Å². The summed E-state index contributed by atoms with van der Waals surface area (Å²) < 4.78 is 22.2. The third kappa shape index (κ3) is 78.6. The maximum absolute atomic E-state index is 9.45. The van der Waals surface area contributed by atoms with Gasteiger partial charge in [0.25, 0.3) is 0 Å². The van der Waals surface area contributed by atoms with Crippen molar-refractivity contribution in [3.63, 3.8) is 0 Å². The normalized spacial score (nSPS) is 10.7. The van der Waals surface area contributed by atoms with Crippen LogP contribution in [0.25, 0.3) is 0 Å². The summed E-state index contributed by atoms with van der Waals surface area (Å²) in [4.78, 5) is 29.3. The fourth-order valence-electron chi connectivity index (χ4n) is 0.0638. The van der Waals surface area contributed by atoms with E-state index in [1.165, 1.54) is 0 Å². The van der Waals surface area contributed by atoms with Crippen molar-refractivity contribution in [3.8, 4) is 0 Å². The third-order valence-electron chi connectivity index (χ3n) is 0.165. The van der Waals surface area contributed by atoms with Gasteiger partial charge in [0.1, 0.15) is 6.26 Å². The summed E-state index contributed by atoms with van der Waals surface area (Å²) >= 11 is 0. The van der Waals surface area contributed by atoms with E-state index in [1.807, 2.05) is 0 Å². The number of rotatable bonds is 2. The van der Waals surface area contributed by atoms with Crippen molar-refractivity contribution < 1.29 is 33.2 Å². The Labute approximate surface area is 63.1 Å². The predicted molar refractivity (Wildman–Crippen MR) is 35.4 cm³/mol. The zero-order chi connectivity index (χ0) is 9.49. The fraction of sp³-hybridized carbons (Fsp3) is 0. The molecule has 0 saturated carbocycles. The average Bonchev–Trinajstić information content (AvgIpc) is 1.58. The van der Waals surface area contributed by atoms with E-state index in [-0.39, 0.29) is 0 Å². The second-order valence-corrected chi connectivity index (χ2v) is 2.74. The standard InChI is InChI=1S/C2H3O3P.H3O4P/c1-2-5-6(3)4;1-5(2,3)4/h2H,1H2;(H3,1,2,3,4)/p+1. The van der Waals surface area contributed by atoms with Crippen LogP contribution in [0.3, 0.4) is 0 Å². The van der Waals surface area contributed by atoms with Crippen molar-refractivity contribution in [2.75, 3.05) is 0 Å². The highest BCUT2D eigenvalue weighted by atomic mass is 31.2. The van der Waals surface area contributed by atoms with Gasteiger partial charge in [0, 0.05) is 4.57 Å². The molecule has 1 atom stereocenters. The van der Waals surface area contributed by atoms with Crippen molar-refractivity contribution in [2.24, 2.45) is 0 Å². The quantitative estimate of drug-likeness (QED) is 0.365. The van der Waals surface area contributed by atoms with Crippen LogP contribution in [0.4, 0.5) is 0 Å². The Bertz CT molecular complexity index is 161. The van der Waals surface area contributed by atoms with E-state index in [2.05, 4.69) is 11.1 Å². The molecule has 0 bridgehead atoms. The molecule has 0 aromatic heterocycles. The second-order valence-electron chi connectivity index (χ2n) is 1.02. The molecule has 7 nitrogen and oxygen atoms in total. The maximum Gasteiger partial charge on any atom is 0.746 e. The summed E-state index contributed by atoms with van der Waals surface area (Å²) in [7, 11) is -7.11. The first-order chi connectivity index (χ1) is 4.77. The smallest absolute Gasteiger partial charge is 0.303 e. The van der Waals surface area contributed by atoms with Crippen molar-refractivity contribution in [1.29, 1.82) is 0 Å². The Morgan fingerprint density at radius 2 is 1.73 bits per heavy atom. The first-order valence-electron chi connectivity index (χ1n) is 1.99. The van der Waals surface area contributed by atoms with Gasteiger partial charge in [0.15, 0.2) is 0 Å². The van der Waals surface area contributed by atoms with E-state index in [1.54, 1.807) is 0 Å². The molecule has 11 heavy (non-hydrogen) atoms. The highest BCUT2D eigenvalue weighted by Crippen LogP contribution is 2.25. The Morgan fingerprint density at radius 3 is 1.73 bits per heavy atom. The van der Waals surface area contributed by atoms with Crippen LogP contribution >= 0.6 is 16.1 Å². The minimum absolute atomic E-state index is 0.915. The van der Waals surface area contributed by atoms with Gasteiger partial charge in [0.05, 0.1) is 0 Å². The lowest BCUT2D eigenvalue weighted by Gasteiger charge is -1.82. The molecule has 0 radical (unpaired) electrons. The number of hydrogen-bond acceptors (Lipinski definition) is 3. The van der Waals surface area contributed by atoms with Gasteiger partial charge in [0.2, 0.25) is 0 Å². The third-order valence-corrected chi connectivity index (χ3v) is 0.494. The molecule has 0 aliphatic rings. The van der Waals surface area contributed by atoms with Gasteiger partial charge >= 0.3 is 16.1 Å². The van der Waals surface area contributed by atoms with Gasteiger partial charge in [-0.25, -0.2) is 9.09 Å². The summed E-state index contributed by atoms with van der Waals surface area (Å²) in [6, 6.07) is 0. The minimum atomic E-state index is -4.64. The summed E-state index contributed by atoms with van der Waals surface area (Å²) in [5, 5.41) is 0. The molecule has 66 valence electrons. The molecule has 9 heteroatoms. The topological polar surface area (TPSA) is 124 Å². The van der Waals surface area contributed by atoms with Gasteiger partial charge in [-0.15, -0.1) is 4.89 Å². The minimum Gasteiger partial charge on any atom is -0.303 e. The second kappa shape index (κ2) is 6.42. The van der Waals surface area contributed by atoms with Crippen LogP contribution < -0.4 is 0 Å². The van der Waals surface area contributed by atoms with E-state index in [9.17, 15) is 4.57 Å². The predicted octanol–water partition coefficient (Wildman–Crippen LogP) is -0.132. The van der Waals surface area contributed by atoms with Gasteiger partial charge < -0.3 is 14.7 Å². The van der Waals surface area contributed by atoms with Crippen LogP contribution in [0.15, 0.2) is 12.8 Å². The van der Waals surface area contributed by atoms with Crippen molar-refractivity contribution in [1.82, 2.24) is 0 Å². The monoisotopic (exact) mass is 205 g/mol. The molecule has 0 amide bonds. The number of phosphoric acid groups is 1. The van der Waals surface area contributed by atoms with E-state index < -0.39 is 16.1 Å². The molecule has 0 spiro atoms. The first-order valence-corrected chi connectivity index (χ1v) is 4.69. The molecule has 0 heterocycles. The van der Waals surface area contributed by atoms with E-state index in [4.69, 9.17) is 24.1 Å². The Balaban J connectivity index is 0. The molecule has 0 aromatic rings. The van der Waals surface area contributed by atoms with E-state index >= 15 is 0 Å². The van der Waals surface area contributed by atoms with Crippen LogP contribution in [0, 0.1) is 0 Å². The summed E-state index contributed by atoms with van der Waals surface area (Å²) in [5.41, 5.74) is 0. The Kier molecular flexibility index (Phi) is 7.77. The highest BCUT2D eigenvalue weighted by molar-refractivity contribution is 7.45. The molecule has 1 unspecified atom stereocenters. The zero-order valence-electron chi connectivity index (χ0n) is 5.19. The summed E-state index contributed by atoms with van der Waals surface area (Å²) in [6.07, 6.45) is 0.915. The van der Waals surface area contributed by atoms with Crippen LogP contribution in [0.1, 0.15) is 0 Å². The lowest BCUT2D eigenvalue weighted by Crippen LogP contribution is -1.66. The molecule has 4 N–H and O–H groups in total. The SMILES string of the molecule is C=CO[P+](=O)O.O=P(O)(O)O. The van der Waals surface area contributed by atoms with E-state index in [0.29, 0.717) is 0 Å². The molecule has 0 aliphatic carbocycles. The highest BCUT2D eigenvalue weighted by Gasteiger charge is 2.05. The molecule has 0 aliphatic heterocycles. The molecule has 0 aromatic carbocycles. The van der Waals surface area contributed by atoms with Crippen LogP contribution in [0.2, 0.25) is 0 Å². The van der Waals surface area contributed by atoms with Gasteiger partial charge in [-0.05, 0) is 0 Å². The van der Waals surface area contributed by atoms with Crippen molar-refractivity contribution in [3.05, 3.63) is 12.8 Å². The average molecular weight is 205 g/mol. The van der Waals surface area contributed by atoms with Crippen LogP contribution in [0.5, 0.6) is 0 Å². The van der Waals surface area contributed by atoms with Gasteiger partial charge in [-0.1, -0.05) is 6.58 Å². The summed E-state index contributed by atoms with van der Waals surface area (Å²) in [5.74, 6) is 0. The van der Waals surface area contributed by atoms with Crippen molar-refractivity contribution in [2.45, 2.75) is 0 Å². The maximum atomic E-state index is 9.45. The number of hydrogen-bond donors (Lipinski definition) is 4. The fourth-order valence-corrected chi connectivity index (χ4v) is 0.191. The summed E-state index contributed by atoms with van der Waals surface area (Å²) in [6.45, 7) is 3.03. The van der Waals surface area contributed by atoms with Crippen LogP contribution in [-0.4, -0.2) is 19.6 Å². The Morgan fingerprint density at radius 1 is 1.45 bits per heavy atom. The lowest BCUT2D eigenvalue weighted by atomic mass is 11.2. The van der Waals surface area contributed by atoms with Crippen LogP contribution in [-0.2, 0) is 13.7 Å². The largest absolute Gasteiger partial charge is 0.746 e. The van der Waals surface area contributed by atoms with Gasteiger partial charge in [-0.2, -0.15) is 0 Å². The van der Waals surface area contributed by atoms with Crippen molar-refractivity contribution >= 4 is 16.1 Å².